The number of halogens is 1. The SMILES string of the molecule is O=C(NC1CC1)c1ccc(CN(C(=O)c2cc3cc(F)ccc3[nH]2)C2CC2)cc1. The van der Waals surface area contributed by atoms with Crippen LogP contribution < -0.4 is 5.32 Å². The molecule has 148 valence electrons. The molecule has 6 heteroatoms. The normalized spacial score (nSPS) is 16.0. The van der Waals surface area contributed by atoms with Gasteiger partial charge in [-0.15, -0.1) is 0 Å². The van der Waals surface area contributed by atoms with Gasteiger partial charge in [-0.05, 0) is 67.6 Å². The molecule has 0 radical (unpaired) electrons. The highest BCUT2D eigenvalue weighted by molar-refractivity contribution is 5.98. The Morgan fingerprint density at radius 3 is 2.48 bits per heavy atom. The first-order valence-electron chi connectivity index (χ1n) is 10.1. The maximum atomic E-state index is 13.5. The number of nitrogens with one attached hydrogen (secondary N) is 2. The third kappa shape index (κ3) is 3.88. The Hall–Kier alpha value is -3.15. The molecular weight excluding hydrogens is 369 g/mol. The number of H-pyrrole nitrogens is 1. The molecule has 29 heavy (non-hydrogen) atoms. The average Bonchev–Trinajstić information content (AvgIpc) is 3.65. The molecule has 2 aliphatic rings. The van der Waals surface area contributed by atoms with Crippen LogP contribution >= 0.6 is 0 Å². The summed E-state index contributed by atoms with van der Waals surface area (Å²) in [4.78, 5) is 30.2. The highest BCUT2D eigenvalue weighted by Crippen LogP contribution is 2.30. The van der Waals surface area contributed by atoms with Crippen molar-refractivity contribution in [3.63, 3.8) is 0 Å². The summed E-state index contributed by atoms with van der Waals surface area (Å²) in [5.74, 6) is -0.445. The number of aromatic amines is 1. The quantitative estimate of drug-likeness (QED) is 0.667. The lowest BCUT2D eigenvalue weighted by molar-refractivity contribution is 0.0724. The molecule has 2 saturated carbocycles. The van der Waals surface area contributed by atoms with Crippen LogP contribution in [0.1, 0.15) is 52.1 Å². The first-order chi connectivity index (χ1) is 14.1. The molecule has 2 aromatic carbocycles. The van der Waals surface area contributed by atoms with Crippen molar-refractivity contribution in [2.24, 2.45) is 0 Å². The molecule has 3 aromatic rings. The van der Waals surface area contributed by atoms with Crippen molar-refractivity contribution >= 4 is 22.7 Å². The molecule has 0 atom stereocenters. The topological polar surface area (TPSA) is 65.2 Å². The Morgan fingerprint density at radius 1 is 1.03 bits per heavy atom. The van der Waals surface area contributed by atoms with Gasteiger partial charge in [-0.3, -0.25) is 9.59 Å². The van der Waals surface area contributed by atoms with E-state index in [1.165, 1.54) is 12.1 Å². The molecule has 5 rings (SSSR count). The number of nitrogens with zero attached hydrogens (tertiary/aromatic N) is 1. The van der Waals surface area contributed by atoms with Crippen LogP contribution in [-0.4, -0.2) is 33.8 Å². The van der Waals surface area contributed by atoms with E-state index in [1.54, 1.807) is 12.1 Å². The number of benzene rings is 2. The van der Waals surface area contributed by atoms with Crippen molar-refractivity contribution in [3.05, 3.63) is 71.2 Å². The molecule has 2 N–H and O–H groups in total. The van der Waals surface area contributed by atoms with Crippen molar-refractivity contribution in [2.45, 2.75) is 44.3 Å². The van der Waals surface area contributed by atoms with E-state index in [2.05, 4.69) is 10.3 Å². The summed E-state index contributed by atoms with van der Waals surface area (Å²) in [6.07, 6.45) is 4.09. The smallest absolute Gasteiger partial charge is 0.270 e. The van der Waals surface area contributed by atoms with Crippen molar-refractivity contribution in [3.8, 4) is 0 Å². The molecule has 0 unspecified atom stereocenters. The Morgan fingerprint density at radius 2 is 1.79 bits per heavy atom. The third-order valence-electron chi connectivity index (χ3n) is 5.54. The van der Waals surface area contributed by atoms with Gasteiger partial charge in [0.25, 0.3) is 11.8 Å². The van der Waals surface area contributed by atoms with Crippen LogP contribution in [0.2, 0.25) is 0 Å². The second-order valence-electron chi connectivity index (χ2n) is 8.02. The first kappa shape index (κ1) is 17.9. The lowest BCUT2D eigenvalue weighted by atomic mass is 10.1. The highest BCUT2D eigenvalue weighted by Gasteiger charge is 2.33. The number of carbonyl (C=O) groups is 2. The lowest BCUT2D eigenvalue weighted by Gasteiger charge is -2.22. The zero-order valence-corrected chi connectivity index (χ0v) is 16.0. The van der Waals surface area contributed by atoms with Crippen molar-refractivity contribution in [1.29, 1.82) is 0 Å². The van der Waals surface area contributed by atoms with Gasteiger partial charge >= 0.3 is 0 Å². The maximum Gasteiger partial charge on any atom is 0.270 e. The number of aromatic nitrogens is 1. The van der Waals surface area contributed by atoms with Crippen molar-refractivity contribution in [2.75, 3.05) is 0 Å². The fraction of sp³-hybridized carbons (Fsp3) is 0.304. The highest BCUT2D eigenvalue weighted by atomic mass is 19.1. The molecule has 0 spiro atoms. The summed E-state index contributed by atoms with van der Waals surface area (Å²) in [5, 5.41) is 3.67. The number of hydrogen-bond acceptors (Lipinski definition) is 2. The molecule has 2 aliphatic carbocycles. The van der Waals surface area contributed by atoms with Crippen LogP contribution in [0.15, 0.2) is 48.5 Å². The Labute approximate surface area is 167 Å². The molecular formula is C23H22FN3O2. The largest absolute Gasteiger partial charge is 0.351 e. The van der Waals surface area contributed by atoms with E-state index in [0.29, 0.717) is 29.2 Å². The van der Waals surface area contributed by atoms with Crippen molar-refractivity contribution < 1.29 is 14.0 Å². The molecule has 0 bridgehead atoms. The Bertz CT molecular complexity index is 1080. The van der Waals surface area contributed by atoms with Gasteiger partial charge in [0.1, 0.15) is 11.5 Å². The van der Waals surface area contributed by atoms with E-state index in [4.69, 9.17) is 0 Å². The summed E-state index contributed by atoms with van der Waals surface area (Å²) >= 11 is 0. The fourth-order valence-electron chi connectivity index (χ4n) is 3.58. The second-order valence-corrected chi connectivity index (χ2v) is 8.02. The average molecular weight is 391 g/mol. The standard InChI is InChI=1S/C23H22FN3O2/c24-17-5-10-20-16(11-17)12-21(26-20)23(29)27(19-8-9-19)13-14-1-3-15(4-2-14)22(28)25-18-6-7-18/h1-5,10-12,18-19,26H,6-9,13H2,(H,25,28). The lowest BCUT2D eigenvalue weighted by Crippen LogP contribution is -2.32. The van der Waals surface area contributed by atoms with Gasteiger partial charge in [0.05, 0.1) is 0 Å². The van der Waals surface area contributed by atoms with Crippen LogP contribution in [0.4, 0.5) is 4.39 Å². The molecule has 0 saturated heterocycles. The molecule has 5 nitrogen and oxygen atoms in total. The first-order valence-corrected chi connectivity index (χ1v) is 10.1. The molecule has 2 amide bonds. The summed E-state index contributed by atoms with van der Waals surface area (Å²) in [7, 11) is 0. The van der Waals surface area contributed by atoms with Crippen LogP contribution in [0.3, 0.4) is 0 Å². The number of rotatable bonds is 6. The van der Waals surface area contributed by atoms with Gasteiger partial charge in [0.15, 0.2) is 0 Å². The van der Waals surface area contributed by atoms with E-state index in [-0.39, 0.29) is 23.7 Å². The van der Waals surface area contributed by atoms with Crippen LogP contribution in [0, 0.1) is 5.82 Å². The van der Waals surface area contributed by atoms with Gasteiger partial charge in [0, 0.05) is 35.1 Å². The van der Waals surface area contributed by atoms with Gasteiger partial charge in [-0.25, -0.2) is 4.39 Å². The van der Waals surface area contributed by atoms with Crippen molar-refractivity contribution in [1.82, 2.24) is 15.2 Å². The molecule has 1 aromatic heterocycles. The molecule has 0 aliphatic heterocycles. The minimum atomic E-state index is -0.319. The van der Waals surface area contributed by atoms with Gasteiger partial charge in [-0.2, -0.15) is 0 Å². The summed E-state index contributed by atoms with van der Waals surface area (Å²) in [6.45, 7) is 0.484. The Balaban J connectivity index is 1.33. The minimum Gasteiger partial charge on any atom is -0.351 e. The zero-order chi connectivity index (χ0) is 20.0. The summed E-state index contributed by atoms with van der Waals surface area (Å²) in [5.41, 5.74) is 2.84. The second kappa shape index (κ2) is 7.03. The monoisotopic (exact) mass is 391 g/mol. The van der Waals surface area contributed by atoms with Gasteiger partial charge in [0.2, 0.25) is 0 Å². The predicted molar refractivity (Wildman–Crippen MR) is 108 cm³/mol. The van der Waals surface area contributed by atoms with Crippen LogP contribution in [-0.2, 0) is 6.54 Å². The van der Waals surface area contributed by atoms with Gasteiger partial charge in [-0.1, -0.05) is 12.1 Å². The number of amides is 2. The predicted octanol–water partition coefficient (Wildman–Crippen LogP) is 4.00. The van der Waals surface area contributed by atoms with E-state index in [9.17, 15) is 14.0 Å². The van der Waals surface area contributed by atoms with Crippen LogP contribution in [0.5, 0.6) is 0 Å². The van der Waals surface area contributed by atoms with E-state index in [1.807, 2.05) is 29.2 Å². The number of hydrogen-bond donors (Lipinski definition) is 2. The maximum absolute atomic E-state index is 13.5. The molecule has 1 heterocycles. The van der Waals surface area contributed by atoms with Gasteiger partial charge < -0.3 is 15.2 Å². The summed E-state index contributed by atoms with van der Waals surface area (Å²) in [6, 6.07) is 14.2. The van der Waals surface area contributed by atoms with E-state index < -0.39 is 0 Å². The summed E-state index contributed by atoms with van der Waals surface area (Å²) < 4.78 is 13.5. The molecule has 2 fully saturated rings. The van der Waals surface area contributed by atoms with E-state index >= 15 is 0 Å². The number of fused-ring (bicyclic) bond motifs is 1. The van der Waals surface area contributed by atoms with Crippen LogP contribution in [0.25, 0.3) is 10.9 Å². The number of carbonyl (C=O) groups excluding carboxylic acids is 2. The Kier molecular flexibility index (Phi) is 4.34. The third-order valence-corrected chi connectivity index (χ3v) is 5.54. The fourth-order valence-corrected chi connectivity index (χ4v) is 3.58. The van der Waals surface area contributed by atoms with E-state index in [0.717, 1.165) is 36.8 Å². The zero-order valence-electron chi connectivity index (χ0n) is 16.0. The minimum absolute atomic E-state index is 0.0421.